The molecule has 1 aliphatic rings. The van der Waals surface area contributed by atoms with Gasteiger partial charge in [-0.3, -0.25) is 14.8 Å². The number of fused-ring (bicyclic) bond motifs is 2. The standard InChI is InChI=1S/C25H22N4O2/c1-15-9-19-12-20(13-28-25(30)23-14-26-7-8-27-23)31-24(19)21(10-15)17-5-6-22-18(11-17)4-3-16(2)29-22/h3-11,14,20H,12-13H2,1-2H3,(H,28,30)/t20-/m0/s1. The fourth-order valence-electron chi connectivity index (χ4n) is 4.03. The number of rotatable bonds is 4. The molecule has 0 fully saturated rings. The minimum atomic E-state index is -0.249. The van der Waals surface area contributed by atoms with Crippen LogP contribution < -0.4 is 10.1 Å². The Hall–Kier alpha value is -3.80. The Kier molecular flexibility index (Phi) is 4.82. The van der Waals surface area contributed by atoms with Crippen LogP contribution in [0, 0.1) is 13.8 Å². The van der Waals surface area contributed by atoms with Crippen LogP contribution >= 0.6 is 0 Å². The van der Waals surface area contributed by atoms with Crippen LogP contribution in [0.25, 0.3) is 22.0 Å². The third-order valence-electron chi connectivity index (χ3n) is 5.47. The van der Waals surface area contributed by atoms with Gasteiger partial charge in [-0.25, -0.2) is 4.98 Å². The number of carbonyl (C=O) groups excluding carboxylic acids is 1. The van der Waals surface area contributed by atoms with Crippen LogP contribution in [0.15, 0.2) is 61.1 Å². The Labute approximate surface area is 180 Å². The Morgan fingerprint density at radius 2 is 2.03 bits per heavy atom. The number of carbonyl (C=O) groups is 1. The van der Waals surface area contributed by atoms with Crippen molar-refractivity contribution in [3.8, 4) is 16.9 Å². The van der Waals surface area contributed by atoms with E-state index < -0.39 is 0 Å². The zero-order valence-electron chi connectivity index (χ0n) is 17.4. The first kappa shape index (κ1) is 19.2. The van der Waals surface area contributed by atoms with Crippen molar-refractivity contribution in [3.05, 3.63) is 83.6 Å². The summed E-state index contributed by atoms with van der Waals surface area (Å²) in [4.78, 5) is 24.9. The highest BCUT2D eigenvalue weighted by atomic mass is 16.5. The molecule has 1 N–H and O–H groups in total. The highest BCUT2D eigenvalue weighted by molar-refractivity contribution is 5.92. The molecular formula is C25H22N4O2. The van der Waals surface area contributed by atoms with E-state index in [0.29, 0.717) is 12.2 Å². The molecule has 5 rings (SSSR count). The molecule has 2 aromatic heterocycles. The molecule has 0 unspecified atom stereocenters. The number of nitrogens with zero attached hydrogens (tertiary/aromatic N) is 3. The van der Waals surface area contributed by atoms with Gasteiger partial charge in [0.1, 0.15) is 17.5 Å². The maximum Gasteiger partial charge on any atom is 0.271 e. The van der Waals surface area contributed by atoms with Gasteiger partial charge in [-0.15, -0.1) is 0 Å². The largest absolute Gasteiger partial charge is 0.487 e. The van der Waals surface area contributed by atoms with E-state index >= 15 is 0 Å². The van der Waals surface area contributed by atoms with Crippen molar-refractivity contribution in [2.24, 2.45) is 0 Å². The predicted molar refractivity (Wildman–Crippen MR) is 119 cm³/mol. The SMILES string of the molecule is Cc1cc2c(c(-c3ccc4nc(C)ccc4c3)c1)O[C@H](CNC(=O)c1cnccn1)C2. The average molecular weight is 410 g/mol. The van der Waals surface area contributed by atoms with Gasteiger partial charge in [0.15, 0.2) is 0 Å². The number of hydrogen-bond acceptors (Lipinski definition) is 5. The lowest BCUT2D eigenvalue weighted by atomic mass is 9.97. The lowest BCUT2D eigenvalue weighted by Crippen LogP contribution is -2.34. The Bertz CT molecular complexity index is 1290. The molecule has 1 atom stereocenters. The molecule has 0 saturated carbocycles. The van der Waals surface area contributed by atoms with Crippen LogP contribution in [-0.4, -0.2) is 33.5 Å². The lowest BCUT2D eigenvalue weighted by molar-refractivity contribution is 0.0928. The van der Waals surface area contributed by atoms with Gasteiger partial charge >= 0.3 is 0 Å². The molecule has 31 heavy (non-hydrogen) atoms. The number of nitrogens with one attached hydrogen (secondary N) is 1. The zero-order chi connectivity index (χ0) is 21.4. The Morgan fingerprint density at radius 1 is 1.13 bits per heavy atom. The van der Waals surface area contributed by atoms with Crippen LogP contribution in [0.4, 0.5) is 0 Å². The van der Waals surface area contributed by atoms with Gasteiger partial charge in [0.2, 0.25) is 0 Å². The number of benzene rings is 2. The second-order valence-electron chi connectivity index (χ2n) is 7.91. The first-order chi connectivity index (χ1) is 15.1. The summed E-state index contributed by atoms with van der Waals surface area (Å²) in [6.45, 7) is 4.50. The van der Waals surface area contributed by atoms with Crippen LogP contribution in [0.1, 0.15) is 27.3 Å². The van der Waals surface area contributed by atoms with Gasteiger partial charge in [-0.2, -0.15) is 0 Å². The van der Waals surface area contributed by atoms with Crippen molar-refractivity contribution < 1.29 is 9.53 Å². The first-order valence-corrected chi connectivity index (χ1v) is 10.3. The minimum Gasteiger partial charge on any atom is -0.487 e. The van der Waals surface area contributed by atoms with Crippen LogP contribution in [0.2, 0.25) is 0 Å². The van der Waals surface area contributed by atoms with E-state index in [-0.39, 0.29) is 12.0 Å². The van der Waals surface area contributed by atoms with Crippen molar-refractivity contribution in [1.82, 2.24) is 20.3 Å². The van der Waals surface area contributed by atoms with Crippen molar-refractivity contribution in [2.45, 2.75) is 26.4 Å². The fraction of sp³-hybridized carbons (Fsp3) is 0.200. The van der Waals surface area contributed by atoms with Crippen LogP contribution in [0.5, 0.6) is 5.75 Å². The van der Waals surface area contributed by atoms with E-state index in [1.54, 1.807) is 6.20 Å². The number of hydrogen-bond donors (Lipinski definition) is 1. The smallest absolute Gasteiger partial charge is 0.271 e. The molecule has 154 valence electrons. The summed E-state index contributed by atoms with van der Waals surface area (Å²) in [5.41, 5.74) is 6.81. The summed E-state index contributed by atoms with van der Waals surface area (Å²) in [5.74, 6) is 0.644. The molecule has 6 heteroatoms. The molecule has 0 bridgehead atoms. The predicted octanol–water partition coefficient (Wildman–Crippen LogP) is 4.04. The van der Waals surface area contributed by atoms with E-state index in [4.69, 9.17) is 4.74 Å². The van der Waals surface area contributed by atoms with Crippen molar-refractivity contribution >= 4 is 16.8 Å². The topological polar surface area (TPSA) is 77.0 Å². The van der Waals surface area contributed by atoms with Gasteiger partial charge in [-0.1, -0.05) is 18.2 Å². The summed E-state index contributed by atoms with van der Waals surface area (Å²) in [6, 6.07) is 14.7. The second-order valence-corrected chi connectivity index (χ2v) is 7.91. The summed E-state index contributed by atoms with van der Waals surface area (Å²) < 4.78 is 6.30. The molecule has 1 amide bonds. The van der Waals surface area contributed by atoms with E-state index in [0.717, 1.165) is 45.5 Å². The third-order valence-corrected chi connectivity index (χ3v) is 5.47. The highest BCUT2D eigenvalue weighted by Crippen LogP contribution is 2.40. The third kappa shape index (κ3) is 3.84. The second kappa shape index (κ2) is 7.80. The quantitative estimate of drug-likeness (QED) is 0.549. The average Bonchev–Trinajstić information content (AvgIpc) is 3.20. The van der Waals surface area contributed by atoms with Crippen LogP contribution in [0.3, 0.4) is 0 Å². The van der Waals surface area contributed by atoms with Gasteiger partial charge in [0.05, 0.1) is 18.3 Å². The molecule has 3 heterocycles. The van der Waals surface area contributed by atoms with E-state index in [9.17, 15) is 4.79 Å². The van der Waals surface area contributed by atoms with E-state index in [1.807, 2.05) is 13.0 Å². The molecule has 0 radical (unpaired) electrons. The Morgan fingerprint density at radius 3 is 2.87 bits per heavy atom. The maximum atomic E-state index is 12.3. The minimum absolute atomic E-state index is 0.124. The van der Waals surface area contributed by atoms with Gasteiger partial charge in [0.25, 0.3) is 5.91 Å². The van der Waals surface area contributed by atoms with Gasteiger partial charge in [0, 0.05) is 35.5 Å². The summed E-state index contributed by atoms with van der Waals surface area (Å²) in [5, 5.41) is 4.01. The van der Waals surface area contributed by atoms with E-state index in [2.05, 4.69) is 63.6 Å². The molecule has 6 nitrogen and oxygen atoms in total. The number of aromatic nitrogens is 3. The molecule has 1 aliphatic heterocycles. The number of amides is 1. The van der Waals surface area contributed by atoms with Crippen molar-refractivity contribution in [1.29, 1.82) is 0 Å². The highest BCUT2D eigenvalue weighted by Gasteiger charge is 2.27. The summed E-state index contributed by atoms with van der Waals surface area (Å²) in [7, 11) is 0. The van der Waals surface area contributed by atoms with Gasteiger partial charge in [-0.05, 0) is 54.8 Å². The molecule has 2 aromatic carbocycles. The first-order valence-electron chi connectivity index (χ1n) is 10.3. The summed E-state index contributed by atoms with van der Waals surface area (Å²) in [6.07, 6.45) is 5.13. The normalized spacial score (nSPS) is 14.8. The summed E-state index contributed by atoms with van der Waals surface area (Å²) >= 11 is 0. The van der Waals surface area contributed by atoms with Crippen molar-refractivity contribution in [2.75, 3.05) is 6.54 Å². The molecular weight excluding hydrogens is 388 g/mol. The molecule has 0 spiro atoms. The van der Waals surface area contributed by atoms with Gasteiger partial charge < -0.3 is 10.1 Å². The lowest BCUT2D eigenvalue weighted by Gasteiger charge is -2.14. The number of ether oxygens (including phenoxy) is 1. The molecule has 0 aliphatic carbocycles. The van der Waals surface area contributed by atoms with Crippen LogP contribution in [-0.2, 0) is 6.42 Å². The molecule has 0 saturated heterocycles. The number of aryl methyl sites for hydroxylation is 2. The number of pyridine rings is 1. The van der Waals surface area contributed by atoms with Crippen molar-refractivity contribution in [3.63, 3.8) is 0 Å². The fourth-order valence-corrected chi connectivity index (χ4v) is 4.03. The monoisotopic (exact) mass is 410 g/mol. The maximum absolute atomic E-state index is 12.3. The molecule has 4 aromatic rings. The Balaban J connectivity index is 1.39. The van der Waals surface area contributed by atoms with E-state index in [1.165, 1.54) is 18.0 Å². The zero-order valence-corrected chi connectivity index (χ0v) is 17.4.